The minimum atomic E-state index is -0.470. The molecule has 1 N–H and O–H groups in total. The number of imide groups is 1. The summed E-state index contributed by atoms with van der Waals surface area (Å²) in [6.07, 6.45) is 0.745. The normalized spacial score (nSPS) is 34.4. The van der Waals surface area contributed by atoms with E-state index >= 15 is 0 Å². The predicted molar refractivity (Wildman–Crippen MR) is 49.2 cm³/mol. The monoisotopic (exact) mass is 197 g/mol. The summed E-state index contributed by atoms with van der Waals surface area (Å²) in [6, 6.07) is -0.164. The van der Waals surface area contributed by atoms with E-state index in [4.69, 9.17) is 0 Å². The maximum absolute atomic E-state index is 11.6. The Hall–Kier alpha value is -0.900. The Morgan fingerprint density at radius 1 is 1.36 bits per heavy atom. The van der Waals surface area contributed by atoms with Crippen LogP contribution in [0.5, 0.6) is 0 Å². The van der Waals surface area contributed by atoms with E-state index in [2.05, 4.69) is 0 Å². The van der Waals surface area contributed by atoms with Gasteiger partial charge in [0.1, 0.15) is 0 Å². The Kier molecular flexibility index (Phi) is 2.10. The van der Waals surface area contributed by atoms with Gasteiger partial charge in [0.25, 0.3) is 0 Å². The number of fused-ring (bicyclic) bond motifs is 1. The smallest absolute Gasteiger partial charge is 0.233 e. The summed E-state index contributed by atoms with van der Waals surface area (Å²) < 4.78 is 0. The second-order valence-electron chi connectivity index (χ2n) is 4.43. The van der Waals surface area contributed by atoms with Crippen molar-refractivity contribution in [3.05, 3.63) is 0 Å². The van der Waals surface area contributed by atoms with E-state index in [0.717, 1.165) is 6.42 Å². The van der Waals surface area contributed by atoms with Gasteiger partial charge in [-0.3, -0.25) is 14.5 Å². The molecular formula is C10H15NO3. The third-order valence-electron chi connectivity index (χ3n) is 3.02. The summed E-state index contributed by atoms with van der Waals surface area (Å²) in [5, 5.41) is 9.18. The third kappa shape index (κ3) is 1.34. The van der Waals surface area contributed by atoms with Crippen molar-refractivity contribution in [2.75, 3.05) is 0 Å². The third-order valence-corrected chi connectivity index (χ3v) is 3.02. The molecule has 1 heterocycles. The quantitative estimate of drug-likeness (QED) is 0.655. The molecular weight excluding hydrogens is 182 g/mol. The van der Waals surface area contributed by atoms with E-state index in [9.17, 15) is 14.7 Å². The maximum atomic E-state index is 11.6. The minimum absolute atomic E-state index is 0.0288. The van der Waals surface area contributed by atoms with E-state index in [1.165, 1.54) is 4.90 Å². The highest BCUT2D eigenvalue weighted by molar-refractivity contribution is 6.09. The molecule has 0 aromatic heterocycles. The molecule has 2 amide bonds. The van der Waals surface area contributed by atoms with E-state index in [1.807, 2.05) is 6.92 Å². The number of piperidine rings is 1. The van der Waals surface area contributed by atoms with Crippen molar-refractivity contribution >= 4 is 11.8 Å². The Morgan fingerprint density at radius 2 is 1.86 bits per heavy atom. The number of hydrogen-bond donors (Lipinski definition) is 1. The molecule has 78 valence electrons. The lowest BCUT2D eigenvalue weighted by Gasteiger charge is -2.25. The van der Waals surface area contributed by atoms with Crippen LogP contribution in [0.4, 0.5) is 0 Å². The molecule has 4 nitrogen and oxygen atoms in total. The second kappa shape index (κ2) is 3.05. The van der Waals surface area contributed by atoms with Crippen molar-refractivity contribution in [3.63, 3.8) is 0 Å². The zero-order chi connectivity index (χ0) is 10.5. The lowest BCUT2D eigenvalue weighted by atomic mass is 10.1. The van der Waals surface area contributed by atoms with Gasteiger partial charge < -0.3 is 5.11 Å². The van der Waals surface area contributed by atoms with Crippen molar-refractivity contribution in [3.8, 4) is 0 Å². The van der Waals surface area contributed by atoms with Crippen molar-refractivity contribution in [1.82, 2.24) is 4.90 Å². The standard InChI is InChI=1S/C10H15NO3/c1-5(3-6(2)12)11-9(13)7-4-8(7)10(11)14/h5-8,12H,3-4H2,1-2H3. The highest BCUT2D eigenvalue weighted by Gasteiger charge is 2.59. The van der Waals surface area contributed by atoms with Crippen molar-refractivity contribution < 1.29 is 14.7 Å². The first kappa shape index (κ1) is 9.65. The van der Waals surface area contributed by atoms with Crippen LogP contribution >= 0.6 is 0 Å². The number of likely N-dealkylation sites (tertiary alicyclic amines) is 1. The summed E-state index contributed by atoms with van der Waals surface area (Å²) >= 11 is 0. The van der Waals surface area contributed by atoms with Gasteiger partial charge in [0, 0.05) is 6.04 Å². The zero-order valence-corrected chi connectivity index (χ0v) is 8.43. The number of amides is 2. The van der Waals surface area contributed by atoms with E-state index < -0.39 is 6.10 Å². The average molecular weight is 197 g/mol. The van der Waals surface area contributed by atoms with Crippen LogP contribution in [0.3, 0.4) is 0 Å². The Morgan fingerprint density at radius 3 is 2.29 bits per heavy atom. The molecule has 1 aliphatic carbocycles. The first-order valence-electron chi connectivity index (χ1n) is 5.07. The second-order valence-corrected chi connectivity index (χ2v) is 4.43. The Bertz CT molecular complexity index is 267. The lowest BCUT2D eigenvalue weighted by Crippen LogP contribution is -2.41. The molecule has 4 heteroatoms. The molecule has 0 aromatic carbocycles. The van der Waals surface area contributed by atoms with E-state index in [0.29, 0.717) is 6.42 Å². The van der Waals surface area contributed by atoms with Crippen LogP contribution in [-0.4, -0.2) is 34.0 Å². The largest absolute Gasteiger partial charge is 0.393 e. The molecule has 2 fully saturated rings. The van der Waals surface area contributed by atoms with E-state index in [1.54, 1.807) is 6.92 Å². The van der Waals surface area contributed by atoms with Crippen LogP contribution in [0.25, 0.3) is 0 Å². The first-order valence-corrected chi connectivity index (χ1v) is 5.07. The Labute approximate surface area is 82.9 Å². The Balaban J connectivity index is 2.04. The van der Waals surface area contributed by atoms with Crippen molar-refractivity contribution in [1.29, 1.82) is 0 Å². The first-order chi connectivity index (χ1) is 6.52. The van der Waals surface area contributed by atoms with Gasteiger partial charge in [0.2, 0.25) is 11.8 Å². The van der Waals surface area contributed by atoms with E-state index in [-0.39, 0.29) is 29.7 Å². The highest BCUT2D eigenvalue weighted by Crippen LogP contribution is 2.47. The summed E-state index contributed by atoms with van der Waals surface area (Å²) in [7, 11) is 0. The number of nitrogens with zero attached hydrogens (tertiary/aromatic N) is 1. The summed E-state index contributed by atoms with van der Waals surface area (Å²) in [5.74, 6) is -0.126. The number of carbonyl (C=O) groups is 2. The molecule has 0 bridgehead atoms. The van der Waals surface area contributed by atoms with Crippen LogP contribution in [0, 0.1) is 11.8 Å². The van der Waals surface area contributed by atoms with Gasteiger partial charge in [-0.15, -0.1) is 0 Å². The molecule has 4 unspecified atom stereocenters. The fourth-order valence-electron chi connectivity index (χ4n) is 2.24. The molecule has 1 aliphatic heterocycles. The van der Waals surface area contributed by atoms with Gasteiger partial charge in [-0.05, 0) is 26.7 Å². The van der Waals surface area contributed by atoms with Crippen molar-refractivity contribution in [2.45, 2.75) is 38.8 Å². The molecule has 0 aromatic rings. The predicted octanol–water partition coefficient (Wildman–Crippen LogP) is 0.151. The summed E-state index contributed by atoms with van der Waals surface area (Å²) in [6.45, 7) is 3.48. The molecule has 2 aliphatic rings. The van der Waals surface area contributed by atoms with Gasteiger partial charge in [0.15, 0.2) is 0 Å². The topological polar surface area (TPSA) is 57.6 Å². The zero-order valence-electron chi connectivity index (χ0n) is 8.43. The van der Waals surface area contributed by atoms with Gasteiger partial charge in [-0.1, -0.05) is 0 Å². The molecule has 14 heavy (non-hydrogen) atoms. The van der Waals surface area contributed by atoms with Gasteiger partial charge >= 0.3 is 0 Å². The average Bonchev–Trinajstić information content (AvgIpc) is 2.76. The highest BCUT2D eigenvalue weighted by atomic mass is 16.3. The number of aliphatic hydroxyl groups excluding tert-OH is 1. The fourth-order valence-corrected chi connectivity index (χ4v) is 2.24. The molecule has 2 rings (SSSR count). The molecule has 0 spiro atoms. The summed E-state index contributed by atoms with van der Waals surface area (Å²) in [4.78, 5) is 24.5. The molecule has 4 atom stereocenters. The fraction of sp³-hybridized carbons (Fsp3) is 0.800. The van der Waals surface area contributed by atoms with Gasteiger partial charge in [-0.25, -0.2) is 0 Å². The molecule has 1 saturated heterocycles. The number of rotatable bonds is 3. The van der Waals surface area contributed by atoms with Gasteiger partial charge in [0.05, 0.1) is 17.9 Å². The van der Waals surface area contributed by atoms with Gasteiger partial charge in [-0.2, -0.15) is 0 Å². The maximum Gasteiger partial charge on any atom is 0.233 e. The van der Waals surface area contributed by atoms with Crippen LogP contribution in [0.1, 0.15) is 26.7 Å². The van der Waals surface area contributed by atoms with Crippen LogP contribution < -0.4 is 0 Å². The van der Waals surface area contributed by atoms with Crippen LogP contribution in [0.15, 0.2) is 0 Å². The number of carbonyl (C=O) groups excluding carboxylic acids is 2. The van der Waals surface area contributed by atoms with Crippen LogP contribution in [-0.2, 0) is 9.59 Å². The SMILES string of the molecule is CC(O)CC(C)N1C(=O)C2CC2C1=O. The minimum Gasteiger partial charge on any atom is -0.393 e. The van der Waals surface area contributed by atoms with Crippen molar-refractivity contribution in [2.24, 2.45) is 11.8 Å². The number of hydrogen-bond acceptors (Lipinski definition) is 3. The lowest BCUT2D eigenvalue weighted by molar-refractivity contribution is -0.144. The molecule has 0 radical (unpaired) electrons. The summed E-state index contributed by atoms with van der Waals surface area (Å²) in [5.41, 5.74) is 0. The number of aliphatic hydroxyl groups is 1. The van der Waals surface area contributed by atoms with Crippen LogP contribution in [0.2, 0.25) is 0 Å². The molecule has 1 saturated carbocycles.